The average molecular weight is 237 g/mol. The van der Waals surface area contributed by atoms with Crippen LogP contribution in [-0.4, -0.2) is 54.6 Å². The molecule has 0 spiro atoms. The fraction of sp³-hybridized carbons (Fsp3) is 1.00. The van der Waals surface area contributed by atoms with Crippen LogP contribution < -0.4 is 5.73 Å². The predicted octanol–water partition coefficient (Wildman–Crippen LogP) is 0.997. The minimum absolute atomic E-state index is 0.315. The van der Waals surface area contributed by atoms with Crippen LogP contribution in [0.2, 0.25) is 0 Å². The minimum atomic E-state index is 0.315. The molecule has 0 saturated carbocycles. The normalized spacial score (nSPS) is 51.0. The van der Waals surface area contributed by atoms with E-state index < -0.39 is 0 Å². The van der Waals surface area contributed by atoms with Crippen LogP contribution in [0.3, 0.4) is 0 Å². The van der Waals surface area contributed by atoms with E-state index in [9.17, 15) is 0 Å². The van der Waals surface area contributed by atoms with E-state index >= 15 is 0 Å². The highest BCUT2D eigenvalue weighted by Crippen LogP contribution is 2.42. The molecular formula is C14H27N3. The van der Waals surface area contributed by atoms with Gasteiger partial charge in [-0.2, -0.15) is 0 Å². The lowest BCUT2D eigenvalue weighted by atomic mass is 9.71. The molecule has 2 N–H and O–H groups in total. The number of rotatable bonds is 2. The summed E-state index contributed by atoms with van der Waals surface area (Å²) >= 11 is 0. The Morgan fingerprint density at radius 3 is 2.12 bits per heavy atom. The van der Waals surface area contributed by atoms with Crippen molar-refractivity contribution < 1.29 is 0 Å². The standard InChI is InChI=1S/C14H27N3/c1-11-7-17(8-12(11)2)14(9-15)10-16-5-3-13(14)4-6-16/h11-13H,3-10,15H2,1-2H3. The van der Waals surface area contributed by atoms with Crippen LogP contribution >= 0.6 is 0 Å². The van der Waals surface area contributed by atoms with Gasteiger partial charge in [-0.3, -0.25) is 4.90 Å². The average Bonchev–Trinajstić information content (AvgIpc) is 2.71. The monoisotopic (exact) mass is 237 g/mol. The molecule has 98 valence electrons. The SMILES string of the molecule is CC1CN(C2(CN)CN3CCC2CC3)CC1C. The van der Waals surface area contributed by atoms with E-state index in [-0.39, 0.29) is 0 Å². The summed E-state index contributed by atoms with van der Waals surface area (Å²) in [6.07, 6.45) is 2.74. The molecule has 2 bridgehead atoms. The summed E-state index contributed by atoms with van der Waals surface area (Å²) in [5.74, 6) is 2.54. The van der Waals surface area contributed by atoms with Crippen molar-refractivity contribution in [2.45, 2.75) is 32.2 Å². The van der Waals surface area contributed by atoms with Crippen molar-refractivity contribution in [2.75, 3.05) is 39.3 Å². The van der Waals surface area contributed by atoms with Gasteiger partial charge in [0.1, 0.15) is 0 Å². The Labute approximate surface area is 105 Å². The van der Waals surface area contributed by atoms with Crippen molar-refractivity contribution in [1.82, 2.24) is 9.80 Å². The molecule has 4 aliphatic heterocycles. The topological polar surface area (TPSA) is 32.5 Å². The zero-order valence-electron chi connectivity index (χ0n) is 11.4. The highest BCUT2D eigenvalue weighted by molar-refractivity contribution is 5.08. The van der Waals surface area contributed by atoms with Gasteiger partial charge in [0, 0.05) is 31.7 Å². The second kappa shape index (κ2) is 4.22. The fourth-order valence-electron chi connectivity index (χ4n) is 4.36. The summed E-state index contributed by atoms with van der Waals surface area (Å²) < 4.78 is 0. The Morgan fingerprint density at radius 2 is 1.71 bits per heavy atom. The van der Waals surface area contributed by atoms with Gasteiger partial charge in [0.2, 0.25) is 0 Å². The number of fused-ring (bicyclic) bond motifs is 3. The smallest absolute Gasteiger partial charge is 0.0487 e. The molecule has 0 aromatic heterocycles. The lowest BCUT2D eigenvalue weighted by Gasteiger charge is -2.57. The Balaban J connectivity index is 1.83. The van der Waals surface area contributed by atoms with Gasteiger partial charge < -0.3 is 10.6 Å². The first-order chi connectivity index (χ1) is 8.15. The zero-order valence-corrected chi connectivity index (χ0v) is 11.4. The zero-order chi connectivity index (χ0) is 12.0. The Hall–Kier alpha value is -0.120. The summed E-state index contributed by atoms with van der Waals surface area (Å²) in [4.78, 5) is 5.39. The van der Waals surface area contributed by atoms with Gasteiger partial charge >= 0.3 is 0 Å². The summed E-state index contributed by atoms with van der Waals surface area (Å²) in [5, 5.41) is 0. The maximum Gasteiger partial charge on any atom is 0.0487 e. The van der Waals surface area contributed by atoms with Crippen LogP contribution in [0.15, 0.2) is 0 Å². The second-order valence-corrected chi connectivity index (χ2v) is 6.72. The van der Waals surface area contributed by atoms with E-state index in [2.05, 4.69) is 23.6 Å². The maximum absolute atomic E-state index is 6.23. The minimum Gasteiger partial charge on any atom is -0.329 e. The number of nitrogens with zero attached hydrogens (tertiary/aromatic N) is 2. The van der Waals surface area contributed by atoms with Gasteiger partial charge in [0.25, 0.3) is 0 Å². The number of nitrogens with two attached hydrogens (primary N) is 1. The summed E-state index contributed by atoms with van der Waals surface area (Å²) in [5.41, 5.74) is 6.54. The van der Waals surface area contributed by atoms with Crippen molar-refractivity contribution in [3.05, 3.63) is 0 Å². The molecule has 17 heavy (non-hydrogen) atoms. The number of piperidine rings is 3. The molecule has 4 aliphatic rings. The van der Waals surface area contributed by atoms with Crippen molar-refractivity contribution in [3.8, 4) is 0 Å². The van der Waals surface area contributed by atoms with Crippen molar-refractivity contribution in [2.24, 2.45) is 23.5 Å². The molecular weight excluding hydrogens is 210 g/mol. The van der Waals surface area contributed by atoms with Crippen LogP contribution in [-0.2, 0) is 0 Å². The van der Waals surface area contributed by atoms with Crippen LogP contribution in [0.4, 0.5) is 0 Å². The molecule has 0 radical (unpaired) electrons. The highest BCUT2D eigenvalue weighted by atomic mass is 15.3. The predicted molar refractivity (Wildman–Crippen MR) is 70.9 cm³/mol. The van der Waals surface area contributed by atoms with Gasteiger partial charge in [-0.25, -0.2) is 0 Å². The van der Waals surface area contributed by atoms with Gasteiger partial charge in [-0.15, -0.1) is 0 Å². The summed E-state index contributed by atoms with van der Waals surface area (Å²) in [7, 11) is 0. The fourth-order valence-corrected chi connectivity index (χ4v) is 4.36. The lowest BCUT2D eigenvalue weighted by molar-refractivity contribution is -0.0594. The summed E-state index contributed by atoms with van der Waals surface area (Å²) in [6.45, 7) is 12.0. The molecule has 3 nitrogen and oxygen atoms in total. The Morgan fingerprint density at radius 1 is 1.12 bits per heavy atom. The van der Waals surface area contributed by atoms with Crippen LogP contribution in [0.1, 0.15) is 26.7 Å². The van der Waals surface area contributed by atoms with E-state index in [4.69, 9.17) is 5.73 Å². The first-order valence-electron chi connectivity index (χ1n) is 7.33. The molecule has 3 heteroatoms. The molecule has 0 aromatic carbocycles. The third kappa shape index (κ3) is 1.74. The number of hydrogen-bond acceptors (Lipinski definition) is 3. The quantitative estimate of drug-likeness (QED) is 0.777. The van der Waals surface area contributed by atoms with Gasteiger partial charge in [-0.1, -0.05) is 13.8 Å². The van der Waals surface area contributed by atoms with Gasteiger partial charge in [-0.05, 0) is 43.7 Å². The van der Waals surface area contributed by atoms with E-state index in [1.807, 2.05) is 0 Å². The third-order valence-corrected chi connectivity index (χ3v) is 5.82. The van der Waals surface area contributed by atoms with E-state index in [0.717, 1.165) is 24.3 Å². The molecule has 0 amide bonds. The first kappa shape index (κ1) is 11.9. The maximum atomic E-state index is 6.23. The Kier molecular flexibility index (Phi) is 2.96. The molecule has 4 rings (SSSR count). The van der Waals surface area contributed by atoms with E-state index in [1.54, 1.807) is 0 Å². The Bertz CT molecular complexity index is 275. The molecule has 3 unspecified atom stereocenters. The molecule has 3 atom stereocenters. The largest absolute Gasteiger partial charge is 0.329 e. The van der Waals surface area contributed by atoms with Crippen LogP contribution in [0, 0.1) is 17.8 Å². The third-order valence-electron chi connectivity index (χ3n) is 5.82. The number of hydrogen-bond donors (Lipinski definition) is 1. The first-order valence-corrected chi connectivity index (χ1v) is 7.33. The van der Waals surface area contributed by atoms with Crippen LogP contribution in [0.25, 0.3) is 0 Å². The highest BCUT2D eigenvalue weighted by Gasteiger charge is 2.51. The molecule has 4 heterocycles. The molecule has 0 aliphatic carbocycles. The second-order valence-electron chi connectivity index (χ2n) is 6.72. The van der Waals surface area contributed by atoms with Crippen molar-refractivity contribution in [1.29, 1.82) is 0 Å². The molecule has 4 saturated heterocycles. The lowest BCUT2D eigenvalue weighted by Crippen LogP contribution is -2.69. The van der Waals surface area contributed by atoms with Crippen molar-refractivity contribution in [3.63, 3.8) is 0 Å². The molecule has 4 fully saturated rings. The number of likely N-dealkylation sites (tertiary alicyclic amines) is 1. The van der Waals surface area contributed by atoms with Crippen LogP contribution in [0.5, 0.6) is 0 Å². The molecule has 0 aromatic rings. The van der Waals surface area contributed by atoms with Crippen molar-refractivity contribution >= 4 is 0 Å². The van der Waals surface area contributed by atoms with Gasteiger partial charge in [0.15, 0.2) is 0 Å². The van der Waals surface area contributed by atoms with E-state index in [1.165, 1.54) is 45.6 Å². The van der Waals surface area contributed by atoms with E-state index in [0.29, 0.717) is 5.54 Å². The van der Waals surface area contributed by atoms with Gasteiger partial charge in [0.05, 0.1) is 0 Å². The summed E-state index contributed by atoms with van der Waals surface area (Å²) in [6, 6.07) is 0.